The van der Waals surface area contributed by atoms with E-state index >= 15 is 0 Å². The zero-order chi connectivity index (χ0) is 21.3. The van der Waals surface area contributed by atoms with E-state index in [2.05, 4.69) is 29.0 Å². The predicted octanol–water partition coefficient (Wildman–Crippen LogP) is 4.65. The Morgan fingerprint density at radius 3 is 2.50 bits per heavy atom. The molecule has 0 fully saturated rings. The summed E-state index contributed by atoms with van der Waals surface area (Å²) in [7, 11) is 0. The molecule has 4 aromatic rings. The summed E-state index contributed by atoms with van der Waals surface area (Å²) >= 11 is 1.78. The SMILES string of the molecule is CCSc1ccc(-c2cc3cc(-c4c[nH]c(=O)c(C(=O)O)c4)ccc3nc2N)cc1. The molecular weight excluding hydrogens is 398 g/mol. The quantitative estimate of drug-likeness (QED) is 0.408. The zero-order valence-corrected chi connectivity index (χ0v) is 17.0. The molecule has 4 rings (SSSR count). The van der Waals surface area contributed by atoms with Gasteiger partial charge in [-0.15, -0.1) is 11.8 Å². The standard InChI is InChI=1S/C23H19N3O3S/c1-2-30-17-6-3-13(4-7-17)18-10-15-9-14(5-8-20(15)26-21(18)24)16-11-19(23(28)29)22(27)25-12-16/h3-12H,2H2,1H3,(H2,24,26)(H,25,27)(H,28,29). The minimum Gasteiger partial charge on any atom is -0.477 e. The van der Waals surface area contributed by atoms with Crippen LogP contribution in [0.2, 0.25) is 0 Å². The molecular formula is C23H19N3O3S. The van der Waals surface area contributed by atoms with Gasteiger partial charge in [-0.3, -0.25) is 4.79 Å². The Balaban J connectivity index is 1.79. The number of hydrogen-bond acceptors (Lipinski definition) is 5. The van der Waals surface area contributed by atoms with Crippen LogP contribution in [0.4, 0.5) is 5.82 Å². The number of nitrogens with two attached hydrogens (primary N) is 1. The third-order valence-electron chi connectivity index (χ3n) is 4.79. The van der Waals surface area contributed by atoms with Gasteiger partial charge in [0.05, 0.1) is 5.52 Å². The summed E-state index contributed by atoms with van der Waals surface area (Å²) in [5.74, 6) is 0.194. The number of aromatic amines is 1. The minimum absolute atomic E-state index is 0.297. The van der Waals surface area contributed by atoms with Crippen LogP contribution in [0.15, 0.2) is 70.5 Å². The summed E-state index contributed by atoms with van der Waals surface area (Å²) in [5.41, 5.74) is 9.21. The fourth-order valence-corrected chi connectivity index (χ4v) is 3.97. The molecule has 150 valence electrons. The van der Waals surface area contributed by atoms with Crippen LogP contribution in [0.5, 0.6) is 0 Å². The van der Waals surface area contributed by atoms with Crippen molar-refractivity contribution in [2.24, 2.45) is 0 Å². The van der Waals surface area contributed by atoms with Crippen molar-refractivity contribution in [3.05, 3.63) is 76.7 Å². The van der Waals surface area contributed by atoms with Gasteiger partial charge in [0.2, 0.25) is 0 Å². The largest absolute Gasteiger partial charge is 0.477 e. The van der Waals surface area contributed by atoms with Crippen molar-refractivity contribution in [1.82, 2.24) is 9.97 Å². The number of carbonyl (C=O) groups is 1. The number of hydrogen-bond donors (Lipinski definition) is 3. The predicted molar refractivity (Wildman–Crippen MR) is 121 cm³/mol. The number of aromatic nitrogens is 2. The number of carboxylic acids is 1. The van der Waals surface area contributed by atoms with Crippen molar-refractivity contribution in [3.8, 4) is 22.3 Å². The number of nitrogens with one attached hydrogen (secondary N) is 1. The van der Waals surface area contributed by atoms with Gasteiger partial charge < -0.3 is 15.8 Å². The number of H-pyrrole nitrogens is 1. The Kier molecular flexibility index (Phi) is 5.29. The van der Waals surface area contributed by atoms with E-state index in [4.69, 9.17) is 5.73 Å². The van der Waals surface area contributed by atoms with Crippen LogP contribution < -0.4 is 11.3 Å². The van der Waals surface area contributed by atoms with E-state index in [9.17, 15) is 14.7 Å². The van der Waals surface area contributed by atoms with E-state index in [0.717, 1.165) is 33.3 Å². The first kappa shape index (κ1) is 19.7. The molecule has 0 saturated carbocycles. The average molecular weight is 417 g/mol. The number of pyridine rings is 2. The smallest absolute Gasteiger partial charge is 0.341 e. The van der Waals surface area contributed by atoms with Crippen LogP contribution in [0.1, 0.15) is 17.3 Å². The van der Waals surface area contributed by atoms with Gasteiger partial charge >= 0.3 is 5.97 Å². The molecule has 0 amide bonds. The Hall–Kier alpha value is -3.58. The number of aromatic carboxylic acids is 1. The van der Waals surface area contributed by atoms with E-state index in [1.165, 1.54) is 17.2 Å². The molecule has 0 atom stereocenters. The molecule has 2 heterocycles. The number of anilines is 1. The van der Waals surface area contributed by atoms with Gasteiger partial charge in [-0.2, -0.15) is 0 Å². The van der Waals surface area contributed by atoms with Crippen molar-refractivity contribution < 1.29 is 9.90 Å². The van der Waals surface area contributed by atoms with Gasteiger partial charge in [-0.1, -0.05) is 25.1 Å². The Morgan fingerprint density at radius 1 is 1.07 bits per heavy atom. The summed E-state index contributed by atoms with van der Waals surface area (Å²) in [5, 5.41) is 10.1. The van der Waals surface area contributed by atoms with Crippen LogP contribution in [-0.2, 0) is 0 Å². The second-order valence-corrected chi connectivity index (χ2v) is 8.06. The van der Waals surface area contributed by atoms with E-state index in [1.54, 1.807) is 11.8 Å². The van der Waals surface area contributed by atoms with Gasteiger partial charge in [-0.05, 0) is 58.8 Å². The van der Waals surface area contributed by atoms with Crippen molar-refractivity contribution in [1.29, 1.82) is 0 Å². The number of benzene rings is 2. The third-order valence-corrected chi connectivity index (χ3v) is 5.68. The normalized spacial score (nSPS) is 11.0. The van der Waals surface area contributed by atoms with Crippen molar-refractivity contribution >= 4 is 34.5 Å². The van der Waals surface area contributed by atoms with Crippen molar-refractivity contribution in [2.75, 3.05) is 11.5 Å². The number of nitrogen functional groups attached to an aromatic ring is 1. The van der Waals surface area contributed by atoms with Gasteiger partial charge in [-0.25, -0.2) is 9.78 Å². The molecule has 0 unspecified atom stereocenters. The second-order valence-electron chi connectivity index (χ2n) is 6.72. The molecule has 0 bridgehead atoms. The zero-order valence-electron chi connectivity index (χ0n) is 16.2. The molecule has 2 aromatic carbocycles. The molecule has 7 heteroatoms. The topological polar surface area (TPSA) is 109 Å². The molecule has 0 aliphatic heterocycles. The maximum atomic E-state index is 11.7. The first-order valence-corrected chi connectivity index (χ1v) is 10.3. The van der Waals surface area contributed by atoms with Gasteiger partial charge in [0, 0.05) is 22.0 Å². The lowest BCUT2D eigenvalue weighted by Crippen LogP contribution is -2.16. The first-order valence-electron chi connectivity index (χ1n) is 9.36. The molecule has 0 radical (unpaired) electrons. The molecule has 6 nitrogen and oxygen atoms in total. The van der Waals surface area contributed by atoms with E-state index in [-0.39, 0.29) is 5.56 Å². The summed E-state index contributed by atoms with van der Waals surface area (Å²) in [6, 6.07) is 17.1. The number of thioether (sulfide) groups is 1. The average Bonchev–Trinajstić information content (AvgIpc) is 2.74. The van der Waals surface area contributed by atoms with Gasteiger partial charge in [0.15, 0.2) is 0 Å². The van der Waals surface area contributed by atoms with Gasteiger partial charge in [0.1, 0.15) is 11.4 Å². The fourth-order valence-electron chi connectivity index (χ4n) is 3.31. The van der Waals surface area contributed by atoms with Crippen LogP contribution in [-0.4, -0.2) is 26.8 Å². The number of fused-ring (bicyclic) bond motifs is 1. The summed E-state index contributed by atoms with van der Waals surface area (Å²) in [6.07, 6.45) is 1.51. The lowest BCUT2D eigenvalue weighted by molar-refractivity contribution is 0.0695. The maximum Gasteiger partial charge on any atom is 0.341 e. The Bertz CT molecular complexity index is 1310. The van der Waals surface area contributed by atoms with Crippen molar-refractivity contribution in [3.63, 3.8) is 0 Å². The lowest BCUT2D eigenvalue weighted by atomic mass is 10.0. The Labute approximate surface area is 176 Å². The monoisotopic (exact) mass is 417 g/mol. The summed E-state index contributed by atoms with van der Waals surface area (Å²) in [4.78, 5) is 31.2. The van der Waals surface area contributed by atoms with Gasteiger partial charge in [0.25, 0.3) is 5.56 Å². The van der Waals surface area contributed by atoms with Crippen LogP contribution in [0.25, 0.3) is 33.2 Å². The third kappa shape index (κ3) is 3.79. The van der Waals surface area contributed by atoms with Crippen LogP contribution >= 0.6 is 11.8 Å². The highest BCUT2D eigenvalue weighted by atomic mass is 32.2. The highest BCUT2D eigenvalue weighted by Gasteiger charge is 2.12. The Morgan fingerprint density at radius 2 is 1.80 bits per heavy atom. The first-order chi connectivity index (χ1) is 14.5. The maximum absolute atomic E-state index is 11.7. The number of rotatable bonds is 5. The minimum atomic E-state index is -1.26. The molecule has 4 N–H and O–H groups in total. The van der Waals surface area contributed by atoms with Crippen LogP contribution in [0.3, 0.4) is 0 Å². The van der Waals surface area contributed by atoms with E-state index in [1.807, 2.05) is 36.4 Å². The second kappa shape index (κ2) is 8.04. The van der Waals surface area contributed by atoms with E-state index < -0.39 is 11.5 Å². The van der Waals surface area contributed by atoms with E-state index in [0.29, 0.717) is 11.4 Å². The fraction of sp³-hybridized carbons (Fsp3) is 0.0870. The molecule has 0 saturated heterocycles. The highest BCUT2D eigenvalue weighted by molar-refractivity contribution is 7.99. The number of carboxylic acid groups (broad SMARTS) is 1. The summed E-state index contributed by atoms with van der Waals surface area (Å²) in [6.45, 7) is 2.11. The molecule has 0 spiro atoms. The van der Waals surface area contributed by atoms with Crippen LogP contribution in [0, 0.1) is 0 Å². The molecule has 0 aliphatic carbocycles. The summed E-state index contributed by atoms with van der Waals surface area (Å²) < 4.78 is 0. The van der Waals surface area contributed by atoms with Crippen molar-refractivity contribution in [2.45, 2.75) is 11.8 Å². The molecule has 30 heavy (non-hydrogen) atoms. The lowest BCUT2D eigenvalue weighted by Gasteiger charge is -2.10. The highest BCUT2D eigenvalue weighted by Crippen LogP contribution is 2.32. The molecule has 2 aromatic heterocycles. The number of nitrogens with zero attached hydrogens (tertiary/aromatic N) is 1. The molecule has 0 aliphatic rings.